The van der Waals surface area contributed by atoms with E-state index in [1.54, 1.807) is 78.9 Å². The first-order valence-electron chi connectivity index (χ1n) is 9.69. The van der Waals surface area contributed by atoms with Crippen LogP contribution >= 0.6 is 0 Å². The number of para-hydroxylation sites is 2. The summed E-state index contributed by atoms with van der Waals surface area (Å²) in [7, 11) is 0. The van der Waals surface area contributed by atoms with Gasteiger partial charge in [0.05, 0.1) is 5.39 Å². The van der Waals surface area contributed by atoms with Gasteiger partial charge in [0.25, 0.3) is 5.95 Å². The van der Waals surface area contributed by atoms with Gasteiger partial charge in [-0.05, 0) is 30.3 Å². The van der Waals surface area contributed by atoms with Crippen LogP contribution in [-0.2, 0) is 0 Å². The third-order valence-corrected chi connectivity index (χ3v) is 4.83. The normalized spacial score (nSPS) is 10.8. The summed E-state index contributed by atoms with van der Waals surface area (Å²) in [6.45, 7) is 0. The van der Waals surface area contributed by atoms with E-state index in [4.69, 9.17) is 13.6 Å². The van der Waals surface area contributed by atoms with E-state index >= 15 is 0 Å². The molecular formula is C26H16O5. The minimum absolute atomic E-state index is 0.0699. The molecule has 0 spiro atoms. The Morgan fingerprint density at radius 2 is 1.39 bits per heavy atom. The van der Waals surface area contributed by atoms with Gasteiger partial charge in [-0.15, -0.1) is 0 Å². The fourth-order valence-corrected chi connectivity index (χ4v) is 3.36. The van der Waals surface area contributed by atoms with Gasteiger partial charge in [-0.1, -0.05) is 60.7 Å². The molecule has 5 heteroatoms. The topological polar surface area (TPSA) is 69.7 Å². The van der Waals surface area contributed by atoms with Crippen LogP contribution in [-0.4, -0.2) is 5.78 Å². The van der Waals surface area contributed by atoms with Crippen molar-refractivity contribution >= 4 is 16.8 Å². The van der Waals surface area contributed by atoms with Gasteiger partial charge >= 0.3 is 0 Å². The van der Waals surface area contributed by atoms with Crippen LogP contribution < -0.4 is 10.2 Å². The maximum Gasteiger partial charge on any atom is 0.290 e. The van der Waals surface area contributed by atoms with Crippen molar-refractivity contribution in [2.45, 2.75) is 0 Å². The molecule has 31 heavy (non-hydrogen) atoms. The molecule has 0 N–H and O–H groups in total. The molecule has 5 rings (SSSR count). The molecule has 0 aliphatic carbocycles. The van der Waals surface area contributed by atoms with Gasteiger partial charge in [0.1, 0.15) is 16.9 Å². The van der Waals surface area contributed by atoms with E-state index in [2.05, 4.69) is 0 Å². The summed E-state index contributed by atoms with van der Waals surface area (Å²) < 4.78 is 17.5. The van der Waals surface area contributed by atoms with Crippen LogP contribution in [0.4, 0.5) is 0 Å². The molecule has 0 saturated carbocycles. The van der Waals surface area contributed by atoms with E-state index in [-0.39, 0.29) is 23.0 Å². The molecule has 0 saturated heterocycles. The van der Waals surface area contributed by atoms with Gasteiger partial charge in [-0.2, -0.15) is 0 Å². The van der Waals surface area contributed by atoms with E-state index in [0.29, 0.717) is 22.3 Å². The molecule has 0 aliphatic rings. The standard InChI is InChI=1S/C26H16O5/c27-24(17-9-3-1-4-10-17)23-25(28)19-13-7-8-14-20(19)31-26(23)21-15-16-22(30-21)29-18-11-5-2-6-12-18/h1-16H. The Morgan fingerprint density at radius 1 is 0.710 bits per heavy atom. The van der Waals surface area contributed by atoms with Crippen LogP contribution in [0.25, 0.3) is 22.5 Å². The molecule has 0 radical (unpaired) electrons. The lowest BCUT2D eigenvalue weighted by molar-refractivity contribution is 0.103. The van der Waals surface area contributed by atoms with E-state index in [9.17, 15) is 9.59 Å². The zero-order valence-corrected chi connectivity index (χ0v) is 16.3. The molecule has 0 atom stereocenters. The van der Waals surface area contributed by atoms with Gasteiger partial charge in [-0.3, -0.25) is 9.59 Å². The van der Waals surface area contributed by atoms with Crippen LogP contribution in [0, 0.1) is 0 Å². The molecule has 0 unspecified atom stereocenters. The number of rotatable bonds is 5. The number of carbonyl (C=O) groups excluding carboxylic acids is 1. The lowest BCUT2D eigenvalue weighted by Crippen LogP contribution is -2.17. The summed E-state index contributed by atoms with van der Waals surface area (Å²) >= 11 is 0. The molecule has 5 aromatic rings. The highest BCUT2D eigenvalue weighted by molar-refractivity contribution is 6.13. The van der Waals surface area contributed by atoms with E-state index < -0.39 is 11.2 Å². The van der Waals surface area contributed by atoms with Crippen molar-refractivity contribution in [1.29, 1.82) is 0 Å². The smallest absolute Gasteiger partial charge is 0.290 e. The highest BCUT2D eigenvalue weighted by Gasteiger charge is 2.25. The molecule has 2 aromatic heterocycles. The summed E-state index contributed by atoms with van der Waals surface area (Å²) in [6, 6.07) is 27.8. The van der Waals surface area contributed by atoms with Crippen molar-refractivity contribution in [1.82, 2.24) is 0 Å². The largest absolute Gasteiger partial charge is 0.452 e. The second-order valence-electron chi connectivity index (χ2n) is 6.86. The molecule has 2 heterocycles. The maximum absolute atomic E-state index is 13.3. The number of carbonyl (C=O) groups is 1. The number of hydrogen-bond donors (Lipinski definition) is 0. The molecule has 0 fully saturated rings. The highest BCUT2D eigenvalue weighted by atomic mass is 16.6. The quantitative estimate of drug-likeness (QED) is 0.330. The average molecular weight is 408 g/mol. The lowest BCUT2D eigenvalue weighted by Gasteiger charge is -2.08. The Kier molecular flexibility index (Phi) is 4.69. The van der Waals surface area contributed by atoms with Crippen molar-refractivity contribution in [2.75, 3.05) is 0 Å². The molecule has 0 aliphatic heterocycles. The van der Waals surface area contributed by atoms with E-state index in [1.165, 1.54) is 0 Å². The van der Waals surface area contributed by atoms with E-state index in [0.717, 1.165) is 0 Å². The Balaban J connectivity index is 1.66. The average Bonchev–Trinajstić information content (AvgIpc) is 3.28. The van der Waals surface area contributed by atoms with Crippen molar-refractivity contribution in [3.63, 3.8) is 0 Å². The Bertz CT molecular complexity index is 1430. The SMILES string of the molecule is O=C(c1ccccc1)c1c(-c2ccc(Oc3ccccc3)o2)oc2ccccc2c1=O. The van der Waals surface area contributed by atoms with E-state index in [1.807, 2.05) is 18.2 Å². The Morgan fingerprint density at radius 3 is 2.16 bits per heavy atom. The van der Waals surface area contributed by atoms with Crippen molar-refractivity contribution < 1.29 is 18.4 Å². The van der Waals surface area contributed by atoms with Crippen molar-refractivity contribution in [3.8, 4) is 23.2 Å². The summed E-state index contributed by atoms with van der Waals surface area (Å²) in [5.41, 5.74) is 0.269. The lowest BCUT2D eigenvalue weighted by atomic mass is 9.99. The Labute approximate surface area is 177 Å². The van der Waals surface area contributed by atoms with Gasteiger partial charge in [0.2, 0.25) is 11.2 Å². The molecule has 3 aromatic carbocycles. The summed E-state index contributed by atoms with van der Waals surface area (Å²) in [4.78, 5) is 26.6. The predicted octanol–water partition coefficient (Wildman–Crippen LogP) is 6.08. The first kappa shape index (κ1) is 18.6. The second kappa shape index (κ2) is 7.80. The number of hydrogen-bond acceptors (Lipinski definition) is 5. The monoisotopic (exact) mass is 408 g/mol. The number of fused-ring (bicyclic) bond motifs is 1. The zero-order valence-electron chi connectivity index (χ0n) is 16.3. The molecule has 0 amide bonds. The van der Waals surface area contributed by atoms with Gasteiger partial charge in [0, 0.05) is 11.6 Å². The summed E-state index contributed by atoms with van der Waals surface area (Å²) in [5.74, 6) is 0.685. The fourth-order valence-electron chi connectivity index (χ4n) is 3.36. The van der Waals surface area contributed by atoms with Gasteiger partial charge in [-0.25, -0.2) is 0 Å². The van der Waals surface area contributed by atoms with Crippen LogP contribution in [0.2, 0.25) is 0 Å². The third-order valence-electron chi connectivity index (χ3n) is 4.83. The molecular weight excluding hydrogens is 392 g/mol. The number of ketones is 1. The zero-order chi connectivity index (χ0) is 21.2. The van der Waals surface area contributed by atoms with Crippen molar-refractivity contribution in [3.05, 3.63) is 118 Å². The first-order valence-corrected chi connectivity index (χ1v) is 9.69. The summed E-state index contributed by atoms with van der Waals surface area (Å²) in [5, 5.41) is 0.331. The Hall–Kier alpha value is -4.38. The van der Waals surface area contributed by atoms with Gasteiger partial charge in [0.15, 0.2) is 11.5 Å². The summed E-state index contributed by atoms with van der Waals surface area (Å²) in [6.07, 6.45) is 0. The highest BCUT2D eigenvalue weighted by Crippen LogP contribution is 2.33. The fraction of sp³-hybridized carbons (Fsp3) is 0. The van der Waals surface area contributed by atoms with Gasteiger partial charge < -0.3 is 13.6 Å². The third kappa shape index (κ3) is 3.53. The van der Waals surface area contributed by atoms with Crippen LogP contribution in [0.3, 0.4) is 0 Å². The molecule has 0 bridgehead atoms. The minimum atomic E-state index is -0.433. The maximum atomic E-state index is 13.3. The first-order chi connectivity index (χ1) is 15.2. The molecule has 5 nitrogen and oxygen atoms in total. The van der Waals surface area contributed by atoms with Crippen molar-refractivity contribution in [2.24, 2.45) is 0 Å². The predicted molar refractivity (Wildman–Crippen MR) is 117 cm³/mol. The second-order valence-corrected chi connectivity index (χ2v) is 6.86. The number of benzene rings is 3. The van der Waals surface area contributed by atoms with Crippen LogP contribution in [0.5, 0.6) is 11.7 Å². The number of furan rings is 1. The minimum Gasteiger partial charge on any atom is -0.452 e. The number of ether oxygens (including phenoxy) is 1. The van der Waals surface area contributed by atoms with Crippen LogP contribution in [0.1, 0.15) is 15.9 Å². The van der Waals surface area contributed by atoms with Crippen LogP contribution in [0.15, 0.2) is 111 Å². The molecule has 150 valence electrons.